The Morgan fingerprint density at radius 2 is 2.22 bits per heavy atom. The van der Waals surface area contributed by atoms with Crippen molar-refractivity contribution in [2.45, 2.75) is 44.8 Å². The zero-order valence-electron chi connectivity index (χ0n) is 10.8. The fourth-order valence-electron chi connectivity index (χ4n) is 2.77. The molecule has 100 valence electrons. The molecular formula is C14H21FN2O. The van der Waals surface area contributed by atoms with E-state index in [1.807, 2.05) is 6.92 Å². The maximum Gasteiger partial charge on any atom is 0.127 e. The van der Waals surface area contributed by atoms with E-state index in [2.05, 4.69) is 4.90 Å². The maximum absolute atomic E-state index is 13.2. The molecule has 0 aliphatic carbocycles. The molecule has 1 aromatic rings. The van der Waals surface area contributed by atoms with Crippen LogP contribution in [0.2, 0.25) is 0 Å². The number of phenolic OH excluding ortho intramolecular Hbond substituents is 1. The summed E-state index contributed by atoms with van der Waals surface area (Å²) in [4.78, 5) is 2.29. The molecule has 18 heavy (non-hydrogen) atoms. The molecule has 2 rings (SSSR count). The molecule has 0 aromatic heterocycles. The number of piperidine rings is 1. The Morgan fingerprint density at radius 3 is 2.89 bits per heavy atom. The Balaban J connectivity index is 2.10. The molecule has 1 heterocycles. The van der Waals surface area contributed by atoms with Crippen molar-refractivity contribution in [3.05, 3.63) is 29.6 Å². The highest BCUT2D eigenvalue weighted by atomic mass is 19.1. The largest absolute Gasteiger partial charge is 0.508 e. The molecule has 0 saturated carbocycles. The number of aromatic hydroxyl groups is 1. The van der Waals surface area contributed by atoms with Gasteiger partial charge in [-0.2, -0.15) is 0 Å². The lowest BCUT2D eigenvalue weighted by Gasteiger charge is -2.38. The summed E-state index contributed by atoms with van der Waals surface area (Å²) in [5, 5.41) is 9.42. The standard InChI is InChI=1S/C14H21FN2O/c1-10(16)14-4-2-3-5-17(14)9-11-6-12(15)8-13(18)7-11/h6-8,10,14,18H,2-5,9,16H2,1H3. The van der Waals surface area contributed by atoms with E-state index < -0.39 is 0 Å². The number of hydrogen-bond donors (Lipinski definition) is 2. The Hall–Kier alpha value is -1.13. The number of nitrogens with two attached hydrogens (primary N) is 1. The van der Waals surface area contributed by atoms with E-state index in [0.29, 0.717) is 12.6 Å². The molecular weight excluding hydrogens is 231 g/mol. The van der Waals surface area contributed by atoms with Crippen LogP contribution in [0.25, 0.3) is 0 Å². The predicted octanol–water partition coefficient (Wildman–Crippen LogP) is 2.23. The third-order valence-corrected chi connectivity index (χ3v) is 3.60. The summed E-state index contributed by atoms with van der Waals surface area (Å²) < 4.78 is 13.2. The second kappa shape index (κ2) is 5.67. The van der Waals surface area contributed by atoms with Crippen LogP contribution < -0.4 is 5.73 Å². The van der Waals surface area contributed by atoms with Gasteiger partial charge in [0.1, 0.15) is 11.6 Å². The van der Waals surface area contributed by atoms with Crippen LogP contribution in [0.3, 0.4) is 0 Å². The van der Waals surface area contributed by atoms with Crippen LogP contribution in [0.15, 0.2) is 18.2 Å². The van der Waals surface area contributed by atoms with Gasteiger partial charge in [0.2, 0.25) is 0 Å². The first-order chi connectivity index (χ1) is 8.56. The summed E-state index contributed by atoms with van der Waals surface area (Å²) >= 11 is 0. The first-order valence-corrected chi connectivity index (χ1v) is 6.54. The highest BCUT2D eigenvalue weighted by Gasteiger charge is 2.25. The molecule has 3 nitrogen and oxygen atoms in total. The number of rotatable bonds is 3. The highest BCUT2D eigenvalue weighted by Crippen LogP contribution is 2.23. The molecule has 1 aromatic carbocycles. The first-order valence-electron chi connectivity index (χ1n) is 6.54. The number of nitrogens with zero attached hydrogens (tertiary/aromatic N) is 1. The van der Waals surface area contributed by atoms with E-state index in [9.17, 15) is 9.50 Å². The quantitative estimate of drug-likeness (QED) is 0.867. The van der Waals surface area contributed by atoms with E-state index in [1.165, 1.54) is 12.5 Å². The van der Waals surface area contributed by atoms with Crippen molar-refractivity contribution >= 4 is 0 Å². The monoisotopic (exact) mass is 252 g/mol. The summed E-state index contributed by atoms with van der Waals surface area (Å²) in [5.41, 5.74) is 6.81. The van der Waals surface area contributed by atoms with Gasteiger partial charge >= 0.3 is 0 Å². The van der Waals surface area contributed by atoms with Crippen LogP contribution in [0.1, 0.15) is 31.7 Å². The Kier molecular flexibility index (Phi) is 4.19. The van der Waals surface area contributed by atoms with Crippen molar-refractivity contribution in [2.24, 2.45) is 5.73 Å². The van der Waals surface area contributed by atoms with Crippen LogP contribution in [-0.4, -0.2) is 28.6 Å². The minimum atomic E-state index is -0.389. The van der Waals surface area contributed by atoms with Crippen molar-refractivity contribution in [3.8, 4) is 5.75 Å². The number of benzene rings is 1. The molecule has 1 saturated heterocycles. The Bertz CT molecular complexity index is 389. The number of phenols is 1. The van der Waals surface area contributed by atoms with Gasteiger partial charge in [0, 0.05) is 24.7 Å². The molecule has 1 aliphatic rings. The van der Waals surface area contributed by atoms with Crippen molar-refractivity contribution in [2.75, 3.05) is 6.54 Å². The fraction of sp³-hybridized carbons (Fsp3) is 0.571. The summed E-state index contributed by atoms with van der Waals surface area (Å²) in [5.74, 6) is -0.404. The SMILES string of the molecule is CC(N)C1CCCCN1Cc1cc(O)cc(F)c1. The summed E-state index contributed by atoms with van der Waals surface area (Å²) in [7, 11) is 0. The van der Waals surface area contributed by atoms with Crippen molar-refractivity contribution in [3.63, 3.8) is 0 Å². The molecule has 0 amide bonds. The van der Waals surface area contributed by atoms with Gasteiger partial charge in [0.05, 0.1) is 0 Å². The number of halogens is 1. The zero-order chi connectivity index (χ0) is 13.1. The van der Waals surface area contributed by atoms with Gasteiger partial charge in [0.25, 0.3) is 0 Å². The van der Waals surface area contributed by atoms with Gasteiger partial charge in [-0.3, -0.25) is 4.90 Å². The Labute approximate surface area is 107 Å². The van der Waals surface area contributed by atoms with E-state index in [4.69, 9.17) is 5.73 Å². The molecule has 1 fully saturated rings. The molecule has 2 atom stereocenters. The van der Waals surface area contributed by atoms with Crippen molar-refractivity contribution in [1.29, 1.82) is 0 Å². The molecule has 4 heteroatoms. The molecule has 3 N–H and O–H groups in total. The smallest absolute Gasteiger partial charge is 0.127 e. The van der Waals surface area contributed by atoms with Crippen molar-refractivity contribution < 1.29 is 9.50 Å². The van der Waals surface area contributed by atoms with Crippen LogP contribution in [0, 0.1) is 5.82 Å². The first kappa shape index (κ1) is 13.3. The molecule has 1 aliphatic heterocycles. The molecule has 0 spiro atoms. The van der Waals surface area contributed by atoms with Crippen LogP contribution in [0.4, 0.5) is 4.39 Å². The molecule has 0 radical (unpaired) electrons. The summed E-state index contributed by atoms with van der Waals surface area (Å²) in [6.07, 6.45) is 3.46. The Morgan fingerprint density at radius 1 is 1.44 bits per heavy atom. The average molecular weight is 252 g/mol. The lowest BCUT2D eigenvalue weighted by Crippen LogP contribution is -2.48. The van der Waals surface area contributed by atoms with Crippen LogP contribution in [-0.2, 0) is 6.54 Å². The third kappa shape index (κ3) is 3.21. The van der Waals surface area contributed by atoms with Gasteiger partial charge < -0.3 is 10.8 Å². The fourth-order valence-corrected chi connectivity index (χ4v) is 2.77. The lowest BCUT2D eigenvalue weighted by molar-refractivity contribution is 0.123. The molecule has 0 bridgehead atoms. The van der Waals surface area contributed by atoms with Gasteiger partial charge in [-0.15, -0.1) is 0 Å². The van der Waals surface area contributed by atoms with Crippen LogP contribution in [0.5, 0.6) is 5.75 Å². The van der Waals surface area contributed by atoms with Crippen molar-refractivity contribution in [1.82, 2.24) is 4.90 Å². The third-order valence-electron chi connectivity index (χ3n) is 3.60. The minimum Gasteiger partial charge on any atom is -0.508 e. The van der Waals surface area contributed by atoms with Gasteiger partial charge in [-0.25, -0.2) is 4.39 Å². The number of hydrogen-bond acceptors (Lipinski definition) is 3. The zero-order valence-corrected chi connectivity index (χ0v) is 10.8. The number of likely N-dealkylation sites (tertiary alicyclic amines) is 1. The second-order valence-electron chi connectivity index (χ2n) is 5.21. The van der Waals surface area contributed by atoms with E-state index in [0.717, 1.165) is 31.0 Å². The maximum atomic E-state index is 13.2. The highest BCUT2D eigenvalue weighted by molar-refractivity contribution is 5.28. The minimum absolute atomic E-state index is 0.0145. The normalized spacial score (nSPS) is 22.9. The lowest BCUT2D eigenvalue weighted by atomic mass is 9.96. The van der Waals surface area contributed by atoms with E-state index in [1.54, 1.807) is 6.07 Å². The summed E-state index contributed by atoms with van der Waals surface area (Å²) in [6, 6.07) is 4.70. The van der Waals surface area contributed by atoms with Gasteiger partial charge in [-0.1, -0.05) is 6.42 Å². The van der Waals surface area contributed by atoms with Gasteiger partial charge in [0.15, 0.2) is 0 Å². The van der Waals surface area contributed by atoms with Crippen LogP contribution >= 0.6 is 0 Å². The van der Waals surface area contributed by atoms with E-state index in [-0.39, 0.29) is 17.6 Å². The van der Waals surface area contributed by atoms with E-state index >= 15 is 0 Å². The molecule has 2 unspecified atom stereocenters. The van der Waals surface area contributed by atoms with Gasteiger partial charge in [-0.05, 0) is 44.0 Å². The topological polar surface area (TPSA) is 49.5 Å². The average Bonchev–Trinajstić information content (AvgIpc) is 2.27. The summed E-state index contributed by atoms with van der Waals surface area (Å²) in [6.45, 7) is 3.66. The second-order valence-corrected chi connectivity index (χ2v) is 5.21. The predicted molar refractivity (Wildman–Crippen MR) is 69.8 cm³/mol.